The van der Waals surface area contributed by atoms with E-state index < -0.39 is 0 Å². The first-order chi connectivity index (χ1) is 9.20. The maximum Gasteiger partial charge on any atom is 0.221 e. The third kappa shape index (κ3) is 3.96. The zero-order valence-corrected chi connectivity index (χ0v) is 12.4. The first kappa shape index (κ1) is 14.4. The smallest absolute Gasteiger partial charge is 0.221 e. The van der Waals surface area contributed by atoms with Crippen molar-refractivity contribution in [3.05, 3.63) is 11.9 Å². The fourth-order valence-electron chi connectivity index (χ4n) is 2.46. The summed E-state index contributed by atoms with van der Waals surface area (Å²) >= 11 is 6.12. The lowest BCUT2D eigenvalue weighted by Crippen LogP contribution is -2.22. The van der Waals surface area contributed by atoms with Crippen LogP contribution in [-0.2, 0) is 0 Å². The minimum Gasteiger partial charge on any atom is -0.478 e. The van der Waals surface area contributed by atoms with E-state index in [1.165, 1.54) is 12.8 Å². The summed E-state index contributed by atoms with van der Waals surface area (Å²) in [5.74, 6) is 2.25. The van der Waals surface area contributed by atoms with Crippen LogP contribution in [-0.4, -0.2) is 28.5 Å². The van der Waals surface area contributed by atoms with Crippen LogP contribution in [0.4, 0.5) is 5.82 Å². The number of ether oxygens (including phenoxy) is 1. The molecule has 0 atom stereocenters. The molecule has 1 saturated carbocycles. The molecule has 1 aromatic rings. The number of aromatic nitrogens is 2. The summed E-state index contributed by atoms with van der Waals surface area (Å²) in [4.78, 5) is 8.43. The number of hydrogen-bond donors (Lipinski definition) is 1. The van der Waals surface area contributed by atoms with Gasteiger partial charge >= 0.3 is 0 Å². The van der Waals surface area contributed by atoms with E-state index in [0.29, 0.717) is 23.8 Å². The van der Waals surface area contributed by atoms with E-state index in [2.05, 4.69) is 15.3 Å². The molecule has 0 aliphatic heterocycles. The summed E-state index contributed by atoms with van der Waals surface area (Å²) in [6.07, 6.45) is 6.20. The molecule has 1 fully saturated rings. The number of rotatable bonds is 5. The molecular formula is C14H22ClN3O. The van der Waals surface area contributed by atoms with Crippen molar-refractivity contribution in [2.24, 2.45) is 5.92 Å². The van der Waals surface area contributed by atoms with Crippen LogP contribution in [0.5, 0.6) is 5.88 Å². The Bertz CT molecular complexity index is 406. The molecule has 1 N–H and O–H groups in total. The Kier molecular flexibility index (Phi) is 5.25. The maximum absolute atomic E-state index is 6.12. The van der Waals surface area contributed by atoms with Gasteiger partial charge in [-0.3, -0.25) is 0 Å². The quantitative estimate of drug-likeness (QED) is 0.842. The summed E-state index contributed by atoms with van der Waals surface area (Å²) in [5, 5.41) is 3.80. The van der Waals surface area contributed by atoms with Crippen LogP contribution in [0, 0.1) is 12.8 Å². The minimum atomic E-state index is 0.376. The van der Waals surface area contributed by atoms with Crippen molar-refractivity contribution >= 4 is 17.4 Å². The van der Waals surface area contributed by atoms with Crippen LogP contribution >= 0.6 is 11.6 Å². The molecule has 5 heteroatoms. The summed E-state index contributed by atoms with van der Waals surface area (Å²) in [6.45, 7) is 5.52. The van der Waals surface area contributed by atoms with E-state index in [-0.39, 0.29) is 0 Å². The highest BCUT2D eigenvalue weighted by atomic mass is 35.5. The first-order valence-electron chi connectivity index (χ1n) is 7.03. The lowest BCUT2D eigenvalue weighted by Gasteiger charge is -2.25. The van der Waals surface area contributed by atoms with Crippen molar-refractivity contribution < 1.29 is 4.74 Å². The highest BCUT2D eigenvalue weighted by molar-refractivity contribution is 6.20. The molecule has 19 heavy (non-hydrogen) atoms. The van der Waals surface area contributed by atoms with Crippen molar-refractivity contribution in [1.82, 2.24) is 9.97 Å². The molecule has 2 rings (SSSR count). The third-order valence-electron chi connectivity index (χ3n) is 3.65. The normalized spacial score (nSPS) is 23.1. The Morgan fingerprint density at radius 1 is 1.32 bits per heavy atom. The van der Waals surface area contributed by atoms with Crippen molar-refractivity contribution in [3.63, 3.8) is 0 Å². The van der Waals surface area contributed by atoms with Crippen LogP contribution in [0.2, 0.25) is 0 Å². The lowest BCUT2D eigenvalue weighted by molar-refractivity contribution is 0.323. The van der Waals surface area contributed by atoms with Crippen LogP contribution in [0.15, 0.2) is 6.33 Å². The first-order valence-corrected chi connectivity index (χ1v) is 7.46. The summed E-state index contributed by atoms with van der Waals surface area (Å²) in [6, 6.07) is 0. The average molecular weight is 284 g/mol. The fourth-order valence-corrected chi connectivity index (χ4v) is 2.71. The van der Waals surface area contributed by atoms with Gasteiger partial charge in [0.15, 0.2) is 0 Å². The summed E-state index contributed by atoms with van der Waals surface area (Å²) in [7, 11) is 0. The molecule has 1 aliphatic rings. The van der Waals surface area contributed by atoms with Crippen molar-refractivity contribution in [3.8, 4) is 5.88 Å². The van der Waals surface area contributed by atoms with E-state index >= 15 is 0 Å². The van der Waals surface area contributed by atoms with Gasteiger partial charge < -0.3 is 10.1 Å². The van der Waals surface area contributed by atoms with Crippen molar-refractivity contribution in [2.45, 2.75) is 44.9 Å². The molecule has 1 aromatic heterocycles. The van der Waals surface area contributed by atoms with Crippen LogP contribution in [0.25, 0.3) is 0 Å². The molecule has 0 radical (unpaired) electrons. The second-order valence-corrected chi connectivity index (χ2v) is 5.70. The van der Waals surface area contributed by atoms with Crippen LogP contribution in [0.3, 0.4) is 0 Å². The van der Waals surface area contributed by atoms with Gasteiger partial charge in [0.2, 0.25) is 5.88 Å². The van der Waals surface area contributed by atoms with E-state index in [1.807, 2.05) is 13.8 Å². The van der Waals surface area contributed by atoms with Crippen LogP contribution in [0.1, 0.15) is 38.2 Å². The predicted octanol–water partition coefficient (Wildman–Crippen LogP) is 3.39. The van der Waals surface area contributed by atoms with E-state index in [4.69, 9.17) is 16.3 Å². The molecule has 0 spiro atoms. The Morgan fingerprint density at radius 3 is 2.74 bits per heavy atom. The van der Waals surface area contributed by atoms with Gasteiger partial charge in [-0.1, -0.05) is 0 Å². The molecule has 0 bridgehead atoms. The topological polar surface area (TPSA) is 47.0 Å². The molecule has 0 amide bonds. The largest absolute Gasteiger partial charge is 0.478 e. The highest BCUT2D eigenvalue weighted by Crippen LogP contribution is 2.28. The van der Waals surface area contributed by atoms with Gasteiger partial charge in [0.25, 0.3) is 0 Å². The van der Waals surface area contributed by atoms with Gasteiger partial charge in [-0.05, 0) is 45.4 Å². The number of hydrogen-bond acceptors (Lipinski definition) is 4. The molecule has 1 heterocycles. The minimum absolute atomic E-state index is 0.376. The third-order valence-corrected chi connectivity index (χ3v) is 4.09. The zero-order valence-electron chi connectivity index (χ0n) is 11.7. The number of alkyl halides is 1. The van der Waals surface area contributed by atoms with Gasteiger partial charge in [-0.2, -0.15) is 0 Å². The predicted molar refractivity (Wildman–Crippen MR) is 78.0 cm³/mol. The van der Waals surface area contributed by atoms with Gasteiger partial charge in [-0.15, -0.1) is 11.6 Å². The summed E-state index contributed by atoms with van der Waals surface area (Å²) < 4.78 is 5.47. The van der Waals surface area contributed by atoms with Gasteiger partial charge in [-0.25, -0.2) is 9.97 Å². The van der Waals surface area contributed by atoms with Crippen molar-refractivity contribution in [1.29, 1.82) is 0 Å². The Morgan fingerprint density at radius 2 is 2.05 bits per heavy atom. The van der Waals surface area contributed by atoms with Crippen molar-refractivity contribution in [2.75, 3.05) is 18.5 Å². The Balaban J connectivity index is 1.90. The van der Waals surface area contributed by atoms with Gasteiger partial charge in [0.1, 0.15) is 12.1 Å². The lowest BCUT2D eigenvalue weighted by atomic mass is 9.89. The van der Waals surface area contributed by atoms with Gasteiger partial charge in [0, 0.05) is 11.9 Å². The fraction of sp³-hybridized carbons (Fsp3) is 0.714. The Hall–Kier alpha value is -1.03. The number of nitrogens with one attached hydrogen (secondary N) is 1. The molecule has 106 valence electrons. The number of anilines is 1. The summed E-state index contributed by atoms with van der Waals surface area (Å²) in [5.41, 5.74) is 0.982. The number of halogens is 1. The van der Waals surface area contributed by atoms with E-state index in [9.17, 15) is 0 Å². The SMILES string of the molecule is CCOc1ncnc(NCC2CCC(Cl)CC2)c1C. The molecular weight excluding hydrogens is 262 g/mol. The monoisotopic (exact) mass is 283 g/mol. The second-order valence-electron chi connectivity index (χ2n) is 5.08. The molecule has 0 unspecified atom stereocenters. The molecule has 4 nitrogen and oxygen atoms in total. The van der Waals surface area contributed by atoms with E-state index in [0.717, 1.165) is 30.8 Å². The molecule has 1 aliphatic carbocycles. The molecule has 0 aromatic carbocycles. The second kappa shape index (κ2) is 6.94. The molecule has 0 saturated heterocycles. The van der Waals surface area contributed by atoms with Gasteiger partial charge in [0.05, 0.1) is 12.2 Å². The highest BCUT2D eigenvalue weighted by Gasteiger charge is 2.19. The maximum atomic E-state index is 6.12. The zero-order chi connectivity index (χ0) is 13.7. The number of nitrogens with zero attached hydrogens (tertiary/aromatic N) is 2. The standard InChI is InChI=1S/C14H22ClN3O/c1-3-19-14-10(2)13(17-9-18-14)16-8-11-4-6-12(15)7-5-11/h9,11-12H,3-8H2,1-2H3,(H,16,17,18). The van der Waals surface area contributed by atoms with Crippen LogP contribution < -0.4 is 10.1 Å². The van der Waals surface area contributed by atoms with E-state index in [1.54, 1.807) is 6.33 Å². The average Bonchev–Trinajstić information content (AvgIpc) is 2.42. The Labute approximate surface area is 119 Å².